The lowest BCUT2D eigenvalue weighted by molar-refractivity contribution is -0.0352. The molecule has 1 aromatic rings. The molecule has 32 heavy (non-hydrogen) atoms. The number of nitrogens with zero attached hydrogens (tertiary/aromatic N) is 3. The van der Waals surface area contributed by atoms with E-state index in [2.05, 4.69) is 37.6 Å². The van der Waals surface area contributed by atoms with Crippen LogP contribution in [0.1, 0.15) is 38.5 Å². The van der Waals surface area contributed by atoms with Gasteiger partial charge in [-0.1, -0.05) is 31.4 Å². The highest BCUT2D eigenvalue weighted by molar-refractivity contribution is 14.0. The molecule has 0 bridgehead atoms. The Kier molecular flexibility index (Phi) is 9.73. The second-order valence-electron chi connectivity index (χ2n) is 9.06. The fourth-order valence-corrected chi connectivity index (χ4v) is 5.48. The second-order valence-corrected chi connectivity index (χ2v) is 9.06. The van der Waals surface area contributed by atoms with Gasteiger partial charge in [0.05, 0.1) is 26.0 Å². The van der Waals surface area contributed by atoms with Crippen molar-refractivity contribution in [3.8, 4) is 5.75 Å². The van der Waals surface area contributed by atoms with E-state index in [1.54, 1.807) is 7.11 Å². The molecule has 1 aliphatic carbocycles. The number of hydrogen-bond donors (Lipinski definition) is 2. The number of halogens is 1. The number of guanidine groups is 1. The molecule has 1 atom stereocenters. The molecule has 180 valence electrons. The van der Waals surface area contributed by atoms with Crippen molar-refractivity contribution < 1.29 is 9.47 Å². The fourth-order valence-electron chi connectivity index (χ4n) is 5.48. The first-order valence-corrected chi connectivity index (χ1v) is 11.9. The van der Waals surface area contributed by atoms with Gasteiger partial charge in [0.25, 0.3) is 0 Å². The predicted molar refractivity (Wildman–Crippen MR) is 142 cm³/mol. The number of aliphatic imine (C=N–C) groups is 1. The predicted octanol–water partition coefficient (Wildman–Crippen LogP) is 3.09. The van der Waals surface area contributed by atoms with Crippen LogP contribution in [0.2, 0.25) is 0 Å². The van der Waals surface area contributed by atoms with Gasteiger partial charge in [0, 0.05) is 51.4 Å². The van der Waals surface area contributed by atoms with Crippen LogP contribution >= 0.6 is 24.0 Å². The lowest BCUT2D eigenvalue weighted by atomic mass is 9.80. The first-order chi connectivity index (χ1) is 15.2. The van der Waals surface area contributed by atoms with Crippen molar-refractivity contribution in [1.29, 1.82) is 0 Å². The lowest BCUT2D eigenvalue weighted by Gasteiger charge is -2.48. The molecule has 8 heteroatoms. The molecule has 0 aromatic heterocycles. The van der Waals surface area contributed by atoms with Crippen LogP contribution in [0, 0.1) is 0 Å². The number of benzene rings is 1. The van der Waals surface area contributed by atoms with E-state index in [0.717, 1.165) is 64.1 Å². The van der Waals surface area contributed by atoms with Crippen molar-refractivity contribution in [2.45, 2.75) is 50.1 Å². The Morgan fingerprint density at radius 1 is 1.16 bits per heavy atom. The number of morpholine rings is 1. The van der Waals surface area contributed by atoms with Crippen molar-refractivity contribution in [3.63, 3.8) is 0 Å². The minimum atomic E-state index is 0. The van der Waals surface area contributed by atoms with Crippen LogP contribution in [0.4, 0.5) is 5.69 Å². The average molecular weight is 558 g/mol. The number of anilines is 1. The summed E-state index contributed by atoms with van der Waals surface area (Å²) >= 11 is 0. The van der Waals surface area contributed by atoms with Crippen LogP contribution in [-0.4, -0.2) is 82.5 Å². The third-order valence-electron chi connectivity index (χ3n) is 7.23. The third-order valence-corrected chi connectivity index (χ3v) is 7.23. The number of para-hydroxylation sites is 2. The molecule has 3 fully saturated rings. The Labute approximate surface area is 210 Å². The maximum absolute atomic E-state index is 5.62. The van der Waals surface area contributed by atoms with Gasteiger partial charge in [0.2, 0.25) is 0 Å². The molecule has 3 aliphatic rings. The van der Waals surface area contributed by atoms with Crippen LogP contribution in [0.3, 0.4) is 0 Å². The SMILES string of the molecule is CN=C(NCC1(N2CCOCC2)CCCCC1)NC1CCN(c2ccccc2OC)C1.I. The smallest absolute Gasteiger partial charge is 0.191 e. The zero-order valence-electron chi connectivity index (χ0n) is 19.6. The van der Waals surface area contributed by atoms with Crippen molar-refractivity contribution >= 4 is 35.6 Å². The number of hydrogen-bond acceptors (Lipinski definition) is 5. The van der Waals surface area contributed by atoms with Gasteiger partial charge >= 0.3 is 0 Å². The molecular weight excluding hydrogens is 517 g/mol. The zero-order valence-corrected chi connectivity index (χ0v) is 22.0. The van der Waals surface area contributed by atoms with E-state index in [0.29, 0.717) is 6.04 Å². The highest BCUT2D eigenvalue weighted by Crippen LogP contribution is 2.34. The topological polar surface area (TPSA) is 61.4 Å². The molecule has 2 N–H and O–H groups in total. The summed E-state index contributed by atoms with van der Waals surface area (Å²) in [5.74, 6) is 1.86. The van der Waals surface area contributed by atoms with E-state index in [1.807, 2.05) is 19.2 Å². The molecule has 2 heterocycles. The molecule has 1 unspecified atom stereocenters. The van der Waals surface area contributed by atoms with Crippen molar-refractivity contribution in [1.82, 2.24) is 15.5 Å². The normalized spacial score (nSPS) is 24.0. The number of nitrogens with one attached hydrogen (secondary N) is 2. The molecule has 1 saturated carbocycles. The maximum Gasteiger partial charge on any atom is 0.191 e. The van der Waals surface area contributed by atoms with E-state index in [-0.39, 0.29) is 29.5 Å². The Balaban J connectivity index is 0.00000289. The monoisotopic (exact) mass is 557 g/mol. The minimum Gasteiger partial charge on any atom is -0.495 e. The number of ether oxygens (including phenoxy) is 2. The molecule has 0 amide bonds. The standard InChI is InChI=1S/C24H39N5O2.HI/c1-25-23(26-19-24(11-6-3-7-12-24)29-14-16-31-17-15-29)27-20-10-13-28(18-20)21-8-4-5-9-22(21)30-2;/h4-5,8-9,20H,3,6-7,10-19H2,1-2H3,(H2,25,26,27);1H. The van der Waals surface area contributed by atoms with Gasteiger partial charge in [0.1, 0.15) is 5.75 Å². The lowest BCUT2D eigenvalue weighted by Crippen LogP contribution is -2.61. The van der Waals surface area contributed by atoms with E-state index in [1.165, 1.54) is 37.8 Å². The zero-order chi connectivity index (χ0) is 21.5. The van der Waals surface area contributed by atoms with Gasteiger partial charge in [-0.25, -0.2) is 0 Å². The number of rotatable bonds is 6. The maximum atomic E-state index is 5.62. The van der Waals surface area contributed by atoms with Gasteiger partial charge < -0.3 is 25.0 Å². The summed E-state index contributed by atoms with van der Waals surface area (Å²) in [5, 5.41) is 7.37. The van der Waals surface area contributed by atoms with Crippen molar-refractivity contribution in [3.05, 3.63) is 24.3 Å². The van der Waals surface area contributed by atoms with Crippen LogP contribution in [0.25, 0.3) is 0 Å². The summed E-state index contributed by atoms with van der Waals surface area (Å²) in [6, 6.07) is 8.65. The molecular formula is C24H40IN5O2. The summed E-state index contributed by atoms with van der Waals surface area (Å²) in [5.41, 5.74) is 1.41. The molecule has 1 aromatic carbocycles. The molecule has 7 nitrogen and oxygen atoms in total. The Hall–Kier alpha value is -1.26. The van der Waals surface area contributed by atoms with Crippen LogP contribution in [0.15, 0.2) is 29.3 Å². The van der Waals surface area contributed by atoms with Gasteiger partial charge in [0.15, 0.2) is 5.96 Å². The Bertz CT molecular complexity index is 735. The van der Waals surface area contributed by atoms with E-state index < -0.39 is 0 Å². The molecule has 4 rings (SSSR count). The summed E-state index contributed by atoms with van der Waals surface area (Å²) in [6.07, 6.45) is 7.63. The van der Waals surface area contributed by atoms with Crippen LogP contribution in [0.5, 0.6) is 5.75 Å². The number of methoxy groups -OCH3 is 1. The van der Waals surface area contributed by atoms with E-state index >= 15 is 0 Å². The molecule has 0 spiro atoms. The fraction of sp³-hybridized carbons (Fsp3) is 0.708. The molecule has 2 aliphatic heterocycles. The summed E-state index contributed by atoms with van der Waals surface area (Å²) in [4.78, 5) is 9.63. The summed E-state index contributed by atoms with van der Waals surface area (Å²) < 4.78 is 11.2. The first-order valence-electron chi connectivity index (χ1n) is 11.9. The third kappa shape index (κ3) is 5.99. The molecule has 0 radical (unpaired) electrons. The van der Waals surface area contributed by atoms with Crippen LogP contribution in [-0.2, 0) is 4.74 Å². The van der Waals surface area contributed by atoms with Gasteiger partial charge in [-0.3, -0.25) is 9.89 Å². The van der Waals surface area contributed by atoms with Crippen molar-refractivity contribution in [2.24, 2.45) is 4.99 Å². The van der Waals surface area contributed by atoms with E-state index in [4.69, 9.17) is 9.47 Å². The van der Waals surface area contributed by atoms with E-state index in [9.17, 15) is 0 Å². The average Bonchev–Trinajstić information content (AvgIpc) is 3.31. The van der Waals surface area contributed by atoms with Crippen molar-refractivity contribution in [2.75, 3.05) is 65.0 Å². The van der Waals surface area contributed by atoms with Gasteiger partial charge in [-0.2, -0.15) is 0 Å². The largest absolute Gasteiger partial charge is 0.495 e. The Morgan fingerprint density at radius 3 is 2.62 bits per heavy atom. The van der Waals surface area contributed by atoms with Gasteiger partial charge in [-0.05, 0) is 31.4 Å². The second kappa shape index (κ2) is 12.3. The first kappa shape index (κ1) is 25.4. The minimum absolute atomic E-state index is 0. The summed E-state index contributed by atoms with van der Waals surface area (Å²) in [7, 11) is 3.62. The Morgan fingerprint density at radius 2 is 1.91 bits per heavy atom. The molecule has 2 saturated heterocycles. The van der Waals surface area contributed by atoms with Crippen LogP contribution < -0.4 is 20.3 Å². The highest BCUT2D eigenvalue weighted by atomic mass is 127. The quantitative estimate of drug-likeness (QED) is 0.319. The van der Waals surface area contributed by atoms with Gasteiger partial charge in [-0.15, -0.1) is 24.0 Å². The highest BCUT2D eigenvalue weighted by Gasteiger charge is 2.38. The summed E-state index contributed by atoms with van der Waals surface area (Å²) in [6.45, 7) is 6.73.